The highest BCUT2D eigenvalue weighted by molar-refractivity contribution is 9.10. The Kier molecular flexibility index (Phi) is 4.79. The predicted molar refractivity (Wildman–Crippen MR) is 85.7 cm³/mol. The van der Waals surface area contributed by atoms with Gasteiger partial charge in [0.15, 0.2) is 0 Å². The first-order chi connectivity index (χ1) is 9.74. The fraction of sp³-hybridized carbons (Fsp3) is 0.647. The number of likely N-dealkylation sites (tertiary alicyclic amines) is 1. The van der Waals surface area contributed by atoms with Crippen LogP contribution in [0.5, 0.6) is 0 Å². The molecule has 1 saturated carbocycles. The first-order valence-corrected chi connectivity index (χ1v) is 8.71. The molecule has 3 heteroatoms. The highest BCUT2D eigenvalue weighted by atomic mass is 79.9. The molecule has 2 fully saturated rings. The largest absolute Gasteiger partial charge is 0.388 e. The lowest BCUT2D eigenvalue weighted by atomic mass is 9.91. The summed E-state index contributed by atoms with van der Waals surface area (Å²) in [7, 11) is 0. The van der Waals surface area contributed by atoms with Gasteiger partial charge in [-0.15, -0.1) is 0 Å². The maximum absolute atomic E-state index is 10.4. The van der Waals surface area contributed by atoms with Crippen molar-refractivity contribution in [1.29, 1.82) is 0 Å². The molecule has 0 bridgehead atoms. The van der Waals surface area contributed by atoms with Crippen LogP contribution < -0.4 is 0 Å². The molecule has 1 aliphatic heterocycles. The van der Waals surface area contributed by atoms with Crippen LogP contribution in [-0.4, -0.2) is 29.1 Å². The molecule has 0 spiro atoms. The molecule has 1 aliphatic carbocycles. The zero-order valence-electron chi connectivity index (χ0n) is 12.0. The van der Waals surface area contributed by atoms with Crippen LogP contribution in [-0.2, 0) is 0 Å². The second-order valence-electron chi connectivity index (χ2n) is 6.30. The van der Waals surface area contributed by atoms with E-state index in [2.05, 4.69) is 20.8 Å². The van der Waals surface area contributed by atoms with Gasteiger partial charge in [0.05, 0.1) is 6.10 Å². The Bertz CT molecular complexity index is 450. The van der Waals surface area contributed by atoms with E-state index in [0.717, 1.165) is 35.0 Å². The lowest BCUT2D eigenvalue weighted by molar-refractivity contribution is 0.0834. The van der Waals surface area contributed by atoms with Crippen molar-refractivity contribution < 1.29 is 5.11 Å². The Balaban J connectivity index is 1.56. The van der Waals surface area contributed by atoms with Crippen molar-refractivity contribution in [3.05, 3.63) is 34.3 Å². The molecule has 0 aromatic heterocycles. The molecule has 3 atom stereocenters. The normalized spacial score (nSPS) is 28.3. The van der Waals surface area contributed by atoms with Crippen LogP contribution >= 0.6 is 15.9 Å². The Labute approximate surface area is 130 Å². The van der Waals surface area contributed by atoms with E-state index in [1.54, 1.807) is 0 Å². The molecule has 1 N–H and O–H groups in total. The SMILES string of the molecule is OC(CCN1CCCC2CCCC21)c1cccc(Br)c1. The molecule has 1 aromatic rings. The number of aliphatic hydroxyl groups is 1. The number of halogens is 1. The number of aliphatic hydroxyl groups excluding tert-OH is 1. The molecule has 0 amide bonds. The number of rotatable bonds is 4. The molecule has 3 unspecified atom stereocenters. The molecule has 3 rings (SSSR count). The molecular formula is C17H24BrNO. The third-order valence-corrected chi connectivity index (χ3v) is 5.52. The van der Waals surface area contributed by atoms with Crippen molar-refractivity contribution in [3.8, 4) is 0 Å². The minimum atomic E-state index is -0.339. The van der Waals surface area contributed by atoms with E-state index < -0.39 is 0 Å². The Morgan fingerprint density at radius 2 is 2.10 bits per heavy atom. The second-order valence-corrected chi connectivity index (χ2v) is 7.21. The van der Waals surface area contributed by atoms with Gasteiger partial charge in [-0.3, -0.25) is 0 Å². The van der Waals surface area contributed by atoms with Gasteiger partial charge in [-0.1, -0.05) is 34.5 Å². The van der Waals surface area contributed by atoms with Gasteiger partial charge in [-0.25, -0.2) is 0 Å². The van der Waals surface area contributed by atoms with Crippen molar-refractivity contribution in [2.75, 3.05) is 13.1 Å². The average Bonchev–Trinajstić information content (AvgIpc) is 2.93. The van der Waals surface area contributed by atoms with Crippen molar-refractivity contribution in [3.63, 3.8) is 0 Å². The third kappa shape index (κ3) is 3.26. The van der Waals surface area contributed by atoms with Crippen LogP contribution in [0.25, 0.3) is 0 Å². The quantitative estimate of drug-likeness (QED) is 0.892. The van der Waals surface area contributed by atoms with Crippen LogP contribution in [0, 0.1) is 5.92 Å². The summed E-state index contributed by atoms with van der Waals surface area (Å²) >= 11 is 3.47. The summed E-state index contributed by atoms with van der Waals surface area (Å²) in [5.74, 6) is 0.937. The van der Waals surface area contributed by atoms with E-state index in [0.29, 0.717) is 0 Å². The number of nitrogens with zero attached hydrogens (tertiary/aromatic N) is 1. The fourth-order valence-electron chi connectivity index (χ4n) is 4.00. The lowest BCUT2D eigenvalue weighted by Crippen LogP contribution is -2.43. The van der Waals surface area contributed by atoms with Gasteiger partial charge in [0.1, 0.15) is 0 Å². The molecule has 0 radical (unpaired) electrons. The summed E-state index contributed by atoms with van der Waals surface area (Å²) in [6, 6.07) is 8.85. The summed E-state index contributed by atoms with van der Waals surface area (Å²) in [4.78, 5) is 2.64. The van der Waals surface area contributed by atoms with Crippen LogP contribution in [0.15, 0.2) is 28.7 Å². The Morgan fingerprint density at radius 1 is 1.25 bits per heavy atom. The summed E-state index contributed by atoms with van der Waals surface area (Å²) in [5.41, 5.74) is 1.03. The van der Waals surface area contributed by atoms with Gasteiger partial charge in [0, 0.05) is 17.1 Å². The molecule has 2 aliphatic rings. The molecule has 1 heterocycles. The minimum absolute atomic E-state index is 0.339. The summed E-state index contributed by atoms with van der Waals surface area (Å²) in [6.07, 6.45) is 7.48. The number of piperidine rings is 1. The fourth-order valence-corrected chi connectivity index (χ4v) is 4.42. The molecular weight excluding hydrogens is 314 g/mol. The highest BCUT2D eigenvalue weighted by Crippen LogP contribution is 2.37. The molecule has 2 nitrogen and oxygen atoms in total. The maximum atomic E-state index is 10.4. The summed E-state index contributed by atoms with van der Waals surface area (Å²) in [6.45, 7) is 2.27. The van der Waals surface area contributed by atoms with E-state index in [9.17, 15) is 5.11 Å². The average molecular weight is 338 g/mol. The zero-order chi connectivity index (χ0) is 13.9. The van der Waals surface area contributed by atoms with E-state index in [4.69, 9.17) is 0 Å². The van der Waals surface area contributed by atoms with Crippen LogP contribution in [0.4, 0.5) is 0 Å². The monoisotopic (exact) mass is 337 g/mol. The van der Waals surface area contributed by atoms with Crippen molar-refractivity contribution >= 4 is 15.9 Å². The standard InChI is InChI=1S/C17H24BrNO/c18-15-7-1-5-14(12-15)17(20)9-11-19-10-3-6-13-4-2-8-16(13)19/h1,5,7,12-13,16-17,20H,2-4,6,8-11H2. The zero-order valence-corrected chi connectivity index (χ0v) is 13.6. The number of hydrogen-bond donors (Lipinski definition) is 1. The van der Waals surface area contributed by atoms with E-state index in [-0.39, 0.29) is 6.10 Å². The van der Waals surface area contributed by atoms with Gasteiger partial charge >= 0.3 is 0 Å². The van der Waals surface area contributed by atoms with E-state index >= 15 is 0 Å². The molecule has 20 heavy (non-hydrogen) atoms. The minimum Gasteiger partial charge on any atom is -0.388 e. The van der Waals surface area contributed by atoms with Gasteiger partial charge in [0.25, 0.3) is 0 Å². The number of benzene rings is 1. The first-order valence-electron chi connectivity index (χ1n) is 7.91. The van der Waals surface area contributed by atoms with Crippen LogP contribution in [0.1, 0.15) is 50.2 Å². The Hall–Kier alpha value is -0.380. The van der Waals surface area contributed by atoms with Crippen LogP contribution in [0.3, 0.4) is 0 Å². The highest BCUT2D eigenvalue weighted by Gasteiger charge is 2.34. The van der Waals surface area contributed by atoms with Crippen molar-refractivity contribution in [1.82, 2.24) is 4.90 Å². The van der Waals surface area contributed by atoms with E-state index in [1.165, 1.54) is 38.6 Å². The summed E-state index contributed by atoms with van der Waals surface area (Å²) < 4.78 is 1.04. The van der Waals surface area contributed by atoms with Gasteiger partial charge in [0.2, 0.25) is 0 Å². The first kappa shape index (κ1) is 14.6. The second kappa shape index (κ2) is 6.59. The van der Waals surface area contributed by atoms with Gasteiger partial charge in [-0.05, 0) is 62.3 Å². The summed E-state index contributed by atoms with van der Waals surface area (Å²) in [5, 5.41) is 10.4. The lowest BCUT2D eigenvalue weighted by Gasteiger charge is -2.38. The van der Waals surface area contributed by atoms with Crippen LogP contribution in [0.2, 0.25) is 0 Å². The van der Waals surface area contributed by atoms with Gasteiger partial charge in [-0.2, -0.15) is 0 Å². The van der Waals surface area contributed by atoms with Crippen molar-refractivity contribution in [2.24, 2.45) is 5.92 Å². The Morgan fingerprint density at radius 3 is 2.95 bits per heavy atom. The maximum Gasteiger partial charge on any atom is 0.0802 e. The number of fused-ring (bicyclic) bond motifs is 1. The molecule has 110 valence electrons. The number of hydrogen-bond acceptors (Lipinski definition) is 2. The molecule has 1 aromatic carbocycles. The predicted octanol–water partition coefficient (Wildman–Crippen LogP) is 4.14. The van der Waals surface area contributed by atoms with E-state index in [1.807, 2.05) is 24.3 Å². The smallest absolute Gasteiger partial charge is 0.0802 e. The van der Waals surface area contributed by atoms with Gasteiger partial charge < -0.3 is 10.0 Å². The molecule has 1 saturated heterocycles. The third-order valence-electron chi connectivity index (χ3n) is 5.03. The topological polar surface area (TPSA) is 23.5 Å². The van der Waals surface area contributed by atoms with Crippen molar-refractivity contribution in [2.45, 2.75) is 50.7 Å².